The number of hydrogen-bond acceptors (Lipinski definition) is 3. The Bertz CT molecular complexity index is 597. The molecule has 0 saturated heterocycles. The Kier molecular flexibility index (Phi) is 3.94. The number of nitrogens with zero attached hydrogens (tertiary/aromatic N) is 4. The Labute approximate surface area is 127 Å². The van der Waals surface area contributed by atoms with E-state index < -0.39 is 0 Å². The zero-order valence-corrected chi connectivity index (χ0v) is 13.5. The van der Waals surface area contributed by atoms with Gasteiger partial charge in [-0.3, -0.25) is 4.68 Å². The first-order chi connectivity index (χ1) is 9.67. The van der Waals surface area contributed by atoms with Gasteiger partial charge in [0.2, 0.25) is 0 Å². The first-order valence-corrected chi connectivity index (χ1v) is 7.92. The minimum Gasteiger partial charge on any atom is -0.331 e. The molecular formula is C14H20BrN5. The van der Waals surface area contributed by atoms with E-state index in [-0.39, 0.29) is 0 Å². The molecule has 5 nitrogen and oxygen atoms in total. The van der Waals surface area contributed by atoms with Gasteiger partial charge in [-0.25, -0.2) is 4.98 Å². The molecule has 0 amide bonds. The Morgan fingerprint density at radius 3 is 2.95 bits per heavy atom. The molecule has 0 atom stereocenters. The van der Waals surface area contributed by atoms with Crippen molar-refractivity contribution in [3.8, 4) is 0 Å². The molecule has 3 rings (SSSR count). The summed E-state index contributed by atoms with van der Waals surface area (Å²) in [5, 5.41) is 8.01. The summed E-state index contributed by atoms with van der Waals surface area (Å²) in [6.45, 7) is 6.68. The van der Waals surface area contributed by atoms with Crippen molar-refractivity contribution in [3.05, 3.63) is 34.1 Å². The molecule has 0 aliphatic heterocycles. The predicted molar refractivity (Wildman–Crippen MR) is 81.5 cm³/mol. The van der Waals surface area contributed by atoms with E-state index in [0.29, 0.717) is 0 Å². The Balaban J connectivity index is 1.70. The first kappa shape index (κ1) is 13.8. The van der Waals surface area contributed by atoms with Gasteiger partial charge >= 0.3 is 0 Å². The van der Waals surface area contributed by atoms with Crippen LogP contribution in [-0.2, 0) is 19.6 Å². The molecule has 0 aromatic carbocycles. The van der Waals surface area contributed by atoms with Crippen molar-refractivity contribution in [1.29, 1.82) is 0 Å². The van der Waals surface area contributed by atoms with E-state index in [0.717, 1.165) is 41.5 Å². The Morgan fingerprint density at radius 1 is 1.45 bits per heavy atom. The van der Waals surface area contributed by atoms with Gasteiger partial charge in [-0.05, 0) is 42.6 Å². The lowest BCUT2D eigenvalue weighted by atomic mass is 10.3. The zero-order valence-electron chi connectivity index (χ0n) is 11.9. The average Bonchev–Trinajstić information content (AvgIpc) is 3.11. The molecule has 1 aliphatic rings. The fraction of sp³-hybridized carbons (Fsp3) is 0.571. The molecule has 0 unspecified atom stereocenters. The van der Waals surface area contributed by atoms with Crippen LogP contribution < -0.4 is 5.32 Å². The zero-order chi connectivity index (χ0) is 14.1. The third-order valence-corrected chi connectivity index (χ3v) is 4.65. The van der Waals surface area contributed by atoms with Crippen molar-refractivity contribution in [2.45, 2.75) is 52.4 Å². The second kappa shape index (κ2) is 5.69. The summed E-state index contributed by atoms with van der Waals surface area (Å²) in [4.78, 5) is 4.46. The lowest BCUT2D eigenvalue weighted by Crippen LogP contribution is -2.15. The van der Waals surface area contributed by atoms with Gasteiger partial charge in [0.1, 0.15) is 0 Å². The maximum Gasteiger partial charge on any atom is 0.0953 e. The van der Waals surface area contributed by atoms with Crippen LogP contribution >= 0.6 is 15.9 Å². The largest absolute Gasteiger partial charge is 0.331 e. The standard InChI is InChI=1S/C14H20BrN5/c1-3-20-13(14(15)10(2)18-20)8-19-7-12(17-9-19)6-16-11-4-5-11/h7,9,11,16H,3-6,8H2,1-2H3. The molecule has 1 saturated carbocycles. The molecule has 2 heterocycles. The first-order valence-electron chi connectivity index (χ1n) is 7.13. The highest BCUT2D eigenvalue weighted by molar-refractivity contribution is 9.10. The van der Waals surface area contributed by atoms with E-state index >= 15 is 0 Å². The quantitative estimate of drug-likeness (QED) is 0.880. The van der Waals surface area contributed by atoms with Crippen molar-refractivity contribution < 1.29 is 0 Å². The molecule has 1 fully saturated rings. The lowest BCUT2D eigenvalue weighted by Gasteiger charge is -2.06. The smallest absolute Gasteiger partial charge is 0.0953 e. The second-order valence-corrected chi connectivity index (χ2v) is 6.15. The van der Waals surface area contributed by atoms with Crippen LogP contribution in [0.5, 0.6) is 0 Å². The van der Waals surface area contributed by atoms with Crippen LogP contribution in [0.2, 0.25) is 0 Å². The normalized spacial score (nSPS) is 14.9. The van der Waals surface area contributed by atoms with E-state index in [2.05, 4.69) is 49.0 Å². The number of aromatic nitrogens is 4. The predicted octanol–water partition coefficient (Wildman–Crippen LogP) is 2.47. The number of nitrogens with one attached hydrogen (secondary N) is 1. The van der Waals surface area contributed by atoms with Crippen molar-refractivity contribution in [2.75, 3.05) is 0 Å². The SMILES string of the molecule is CCn1nc(C)c(Br)c1Cn1cnc(CNC2CC2)c1. The average molecular weight is 338 g/mol. The number of halogens is 1. The van der Waals surface area contributed by atoms with Crippen LogP contribution in [0.1, 0.15) is 36.8 Å². The molecule has 0 bridgehead atoms. The van der Waals surface area contributed by atoms with Gasteiger partial charge in [0.15, 0.2) is 0 Å². The van der Waals surface area contributed by atoms with Crippen LogP contribution in [0.15, 0.2) is 17.0 Å². The third kappa shape index (κ3) is 2.96. The molecule has 1 N–H and O–H groups in total. The van der Waals surface area contributed by atoms with Crippen LogP contribution in [0.4, 0.5) is 0 Å². The van der Waals surface area contributed by atoms with E-state index in [1.54, 1.807) is 0 Å². The minimum absolute atomic E-state index is 0.721. The van der Waals surface area contributed by atoms with E-state index in [1.807, 2.05) is 17.9 Å². The lowest BCUT2D eigenvalue weighted by molar-refractivity contribution is 0.595. The second-order valence-electron chi connectivity index (χ2n) is 5.35. The number of hydrogen-bond donors (Lipinski definition) is 1. The van der Waals surface area contributed by atoms with E-state index in [1.165, 1.54) is 18.5 Å². The summed E-state index contributed by atoms with van der Waals surface area (Å²) >= 11 is 3.63. The molecule has 20 heavy (non-hydrogen) atoms. The van der Waals surface area contributed by atoms with Gasteiger partial charge in [-0.2, -0.15) is 5.10 Å². The van der Waals surface area contributed by atoms with Crippen molar-refractivity contribution >= 4 is 15.9 Å². The van der Waals surface area contributed by atoms with Crippen LogP contribution in [0.25, 0.3) is 0 Å². The molecule has 0 spiro atoms. The number of rotatable bonds is 6. The number of imidazole rings is 1. The van der Waals surface area contributed by atoms with Crippen LogP contribution in [0.3, 0.4) is 0 Å². The third-order valence-electron chi connectivity index (χ3n) is 3.62. The summed E-state index contributed by atoms with van der Waals surface area (Å²) in [5.41, 5.74) is 3.34. The van der Waals surface area contributed by atoms with E-state index in [9.17, 15) is 0 Å². The Hall–Kier alpha value is -1.14. The maximum absolute atomic E-state index is 4.52. The van der Waals surface area contributed by atoms with Crippen LogP contribution in [0, 0.1) is 6.92 Å². The van der Waals surface area contributed by atoms with Crippen molar-refractivity contribution in [3.63, 3.8) is 0 Å². The monoisotopic (exact) mass is 337 g/mol. The fourth-order valence-corrected chi connectivity index (χ4v) is 2.72. The highest BCUT2D eigenvalue weighted by Crippen LogP contribution is 2.22. The highest BCUT2D eigenvalue weighted by atomic mass is 79.9. The van der Waals surface area contributed by atoms with Crippen molar-refractivity contribution in [1.82, 2.24) is 24.6 Å². The topological polar surface area (TPSA) is 47.7 Å². The van der Waals surface area contributed by atoms with Gasteiger partial charge in [-0.1, -0.05) is 0 Å². The van der Waals surface area contributed by atoms with Crippen LogP contribution in [-0.4, -0.2) is 25.4 Å². The number of aryl methyl sites for hydroxylation is 2. The fourth-order valence-electron chi connectivity index (χ4n) is 2.31. The summed E-state index contributed by atoms with van der Waals surface area (Å²) in [6, 6.07) is 0.721. The van der Waals surface area contributed by atoms with Gasteiger partial charge in [0.25, 0.3) is 0 Å². The van der Waals surface area contributed by atoms with Gasteiger partial charge in [0.05, 0.1) is 34.4 Å². The van der Waals surface area contributed by atoms with Gasteiger partial charge < -0.3 is 9.88 Å². The van der Waals surface area contributed by atoms with Crippen molar-refractivity contribution in [2.24, 2.45) is 0 Å². The molecule has 2 aromatic rings. The summed E-state index contributed by atoms with van der Waals surface area (Å²) in [5.74, 6) is 0. The minimum atomic E-state index is 0.721. The summed E-state index contributed by atoms with van der Waals surface area (Å²) in [7, 11) is 0. The molecule has 108 valence electrons. The molecular weight excluding hydrogens is 318 g/mol. The molecule has 0 radical (unpaired) electrons. The van der Waals surface area contributed by atoms with E-state index in [4.69, 9.17) is 0 Å². The highest BCUT2D eigenvalue weighted by Gasteiger charge is 2.20. The van der Waals surface area contributed by atoms with Gasteiger partial charge in [0, 0.05) is 25.3 Å². The van der Waals surface area contributed by atoms with Gasteiger partial charge in [-0.15, -0.1) is 0 Å². The summed E-state index contributed by atoms with van der Waals surface area (Å²) in [6.07, 6.45) is 6.63. The maximum atomic E-state index is 4.52. The molecule has 2 aromatic heterocycles. The molecule has 6 heteroatoms. The summed E-state index contributed by atoms with van der Waals surface area (Å²) < 4.78 is 5.27. The Morgan fingerprint density at radius 2 is 2.25 bits per heavy atom. The molecule has 1 aliphatic carbocycles.